The smallest absolute Gasteiger partial charge is 0.277 e. The van der Waals surface area contributed by atoms with Crippen molar-refractivity contribution in [3.8, 4) is 11.8 Å². The number of para-hydroxylation sites is 1. The van der Waals surface area contributed by atoms with Crippen LogP contribution < -0.4 is 10.2 Å². The van der Waals surface area contributed by atoms with Crippen molar-refractivity contribution in [3.63, 3.8) is 0 Å². The van der Waals surface area contributed by atoms with E-state index in [1.807, 2.05) is 13.0 Å². The molecule has 0 aliphatic carbocycles. The minimum atomic E-state index is -0.443. The minimum absolute atomic E-state index is 0.251. The Bertz CT molecular complexity index is 839. The molecule has 1 amide bonds. The Hall–Kier alpha value is -2.85. The number of aryl methyl sites for hydroxylation is 2. The number of hydrogen-bond donors (Lipinski definition) is 1. The number of nitrogens with one attached hydrogen (secondary N) is 1. The van der Waals surface area contributed by atoms with Crippen LogP contribution in [0.2, 0.25) is 5.15 Å². The van der Waals surface area contributed by atoms with Gasteiger partial charge in [0.25, 0.3) is 5.91 Å². The van der Waals surface area contributed by atoms with Gasteiger partial charge in [0.2, 0.25) is 0 Å². The van der Waals surface area contributed by atoms with Crippen LogP contribution in [0.5, 0.6) is 5.75 Å². The number of rotatable bonds is 8. The van der Waals surface area contributed by atoms with Crippen molar-refractivity contribution in [1.29, 1.82) is 5.26 Å². The van der Waals surface area contributed by atoms with Gasteiger partial charge in [0.1, 0.15) is 17.0 Å². The van der Waals surface area contributed by atoms with Gasteiger partial charge >= 0.3 is 0 Å². The molecule has 2 aromatic rings. The number of aromatic nitrogens is 2. The average molecular weight is 374 g/mol. The zero-order chi connectivity index (χ0) is 18.9. The molecule has 0 saturated heterocycles. The number of carbonyl (C=O) groups excluding carboxylic acids is 1. The van der Waals surface area contributed by atoms with Crippen LogP contribution in [0.15, 0.2) is 29.4 Å². The van der Waals surface area contributed by atoms with Crippen LogP contribution in [0.1, 0.15) is 36.6 Å². The van der Waals surface area contributed by atoms with Gasteiger partial charge in [-0.05, 0) is 25.5 Å². The Labute approximate surface area is 157 Å². The molecule has 2 rings (SSSR count). The summed E-state index contributed by atoms with van der Waals surface area (Å²) >= 11 is 6.30. The van der Waals surface area contributed by atoms with Gasteiger partial charge in [0.05, 0.1) is 23.0 Å². The van der Waals surface area contributed by atoms with Gasteiger partial charge in [-0.3, -0.25) is 9.48 Å². The predicted molar refractivity (Wildman–Crippen MR) is 99.3 cm³/mol. The maximum Gasteiger partial charge on any atom is 0.277 e. The van der Waals surface area contributed by atoms with E-state index in [0.717, 1.165) is 25.1 Å². The van der Waals surface area contributed by atoms with Gasteiger partial charge in [-0.15, -0.1) is 0 Å². The van der Waals surface area contributed by atoms with Crippen molar-refractivity contribution in [3.05, 3.63) is 46.2 Å². The monoisotopic (exact) mass is 373 g/mol. The third kappa shape index (κ3) is 5.07. The van der Waals surface area contributed by atoms with Crippen molar-refractivity contribution in [1.82, 2.24) is 15.2 Å². The highest BCUT2D eigenvalue weighted by molar-refractivity contribution is 6.32. The van der Waals surface area contributed by atoms with Crippen LogP contribution in [0.25, 0.3) is 0 Å². The van der Waals surface area contributed by atoms with Crippen molar-refractivity contribution in [2.75, 3.05) is 6.61 Å². The normalized spacial score (nSPS) is 10.7. The number of ether oxygens (including phenoxy) is 1. The van der Waals surface area contributed by atoms with Crippen LogP contribution in [-0.2, 0) is 11.3 Å². The number of benzene rings is 1. The number of hydrazone groups is 1. The van der Waals surface area contributed by atoms with Gasteiger partial charge in [-0.25, -0.2) is 5.43 Å². The fraction of sp³-hybridized carbons (Fsp3) is 0.333. The van der Waals surface area contributed by atoms with Crippen LogP contribution in [0.4, 0.5) is 0 Å². The second-order valence-corrected chi connectivity index (χ2v) is 5.91. The quantitative estimate of drug-likeness (QED) is 0.568. The summed E-state index contributed by atoms with van der Waals surface area (Å²) in [5.74, 6) is -0.0913. The Balaban J connectivity index is 1.91. The number of halogens is 1. The van der Waals surface area contributed by atoms with Crippen LogP contribution in [0, 0.1) is 18.3 Å². The van der Waals surface area contributed by atoms with Crippen molar-refractivity contribution in [2.45, 2.75) is 33.2 Å². The summed E-state index contributed by atoms with van der Waals surface area (Å²) < 4.78 is 7.07. The molecule has 136 valence electrons. The Kier molecular flexibility index (Phi) is 7.18. The molecule has 0 fully saturated rings. The highest BCUT2D eigenvalue weighted by Gasteiger charge is 2.11. The van der Waals surface area contributed by atoms with Gasteiger partial charge in [0.15, 0.2) is 6.61 Å². The van der Waals surface area contributed by atoms with E-state index in [2.05, 4.69) is 22.5 Å². The molecular formula is C18H20ClN5O2. The molecule has 26 heavy (non-hydrogen) atoms. The zero-order valence-electron chi connectivity index (χ0n) is 14.7. The lowest BCUT2D eigenvalue weighted by molar-refractivity contribution is -0.123. The lowest BCUT2D eigenvalue weighted by atomic mass is 10.2. The second kappa shape index (κ2) is 9.59. The molecule has 0 aliphatic heterocycles. The summed E-state index contributed by atoms with van der Waals surface area (Å²) in [5, 5.41) is 17.7. The van der Waals surface area contributed by atoms with Gasteiger partial charge in [-0.2, -0.15) is 15.5 Å². The largest absolute Gasteiger partial charge is 0.482 e. The first kappa shape index (κ1) is 19.5. The molecule has 0 spiro atoms. The third-order valence-corrected chi connectivity index (χ3v) is 3.98. The first-order valence-corrected chi connectivity index (χ1v) is 8.61. The molecule has 1 aromatic carbocycles. The molecule has 1 aromatic heterocycles. The van der Waals surface area contributed by atoms with E-state index in [0.29, 0.717) is 22.0 Å². The van der Waals surface area contributed by atoms with E-state index in [1.54, 1.807) is 28.9 Å². The van der Waals surface area contributed by atoms with Crippen LogP contribution in [-0.4, -0.2) is 28.5 Å². The molecule has 7 nitrogen and oxygen atoms in total. The fourth-order valence-electron chi connectivity index (χ4n) is 2.20. The van der Waals surface area contributed by atoms with Gasteiger partial charge < -0.3 is 4.74 Å². The summed E-state index contributed by atoms with van der Waals surface area (Å²) in [6, 6.07) is 8.70. The Morgan fingerprint density at radius 2 is 2.27 bits per heavy atom. The number of hydrogen-bond acceptors (Lipinski definition) is 5. The summed E-state index contributed by atoms with van der Waals surface area (Å²) in [7, 11) is 0. The first-order valence-electron chi connectivity index (χ1n) is 8.23. The SMILES string of the molecule is CCCCn1nc(C)c(/C=N\NC(=O)COc2ccccc2C#N)c1Cl. The van der Waals surface area contributed by atoms with Crippen LogP contribution in [0.3, 0.4) is 0 Å². The highest BCUT2D eigenvalue weighted by Crippen LogP contribution is 2.18. The molecule has 0 saturated carbocycles. The molecule has 0 bridgehead atoms. The van der Waals surface area contributed by atoms with E-state index >= 15 is 0 Å². The summed E-state index contributed by atoms with van der Waals surface area (Å²) in [5.41, 5.74) is 4.14. The average Bonchev–Trinajstić information content (AvgIpc) is 2.92. The molecule has 0 aliphatic rings. The lowest BCUT2D eigenvalue weighted by Crippen LogP contribution is -2.24. The van der Waals surface area contributed by atoms with Crippen molar-refractivity contribution < 1.29 is 9.53 Å². The molecule has 0 unspecified atom stereocenters. The Morgan fingerprint density at radius 1 is 1.50 bits per heavy atom. The van der Waals surface area contributed by atoms with E-state index < -0.39 is 5.91 Å². The first-order chi connectivity index (χ1) is 12.6. The van der Waals surface area contributed by atoms with Gasteiger partial charge in [-0.1, -0.05) is 37.1 Å². The molecule has 0 radical (unpaired) electrons. The lowest BCUT2D eigenvalue weighted by Gasteiger charge is -2.06. The van der Waals surface area contributed by atoms with Crippen LogP contribution >= 0.6 is 11.6 Å². The molecule has 1 N–H and O–H groups in total. The van der Waals surface area contributed by atoms with Crippen molar-refractivity contribution in [2.24, 2.45) is 5.10 Å². The second-order valence-electron chi connectivity index (χ2n) is 5.56. The van der Waals surface area contributed by atoms with E-state index in [-0.39, 0.29) is 6.61 Å². The minimum Gasteiger partial charge on any atom is -0.482 e. The van der Waals surface area contributed by atoms with Crippen molar-refractivity contribution >= 4 is 23.7 Å². The maximum absolute atomic E-state index is 11.8. The van der Waals surface area contributed by atoms with E-state index in [9.17, 15) is 4.79 Å². The number of amides is 1. The Morgan fingerprint density at radius 3 is 3.00 bits per heavy atom. The fourth-order valence-corrected chi connectivity index (χ4v) is 2.51. The standard InChI is InChI=1S/C18H20ClN5O2/c1-3-4-9-24-18(19)15(13(2)23-24)11-21-22-17(25)12-26-16-8-6-5-7-14(16)10-20/h5-8,11H,3-4,9,12H2,1-2H3,(H,22,25)/b21-11-. The summed E-state index contributed by atoms with van der Waals surface area (Å²) in [6.45, 7) is 4.42. The maximum atomic E-state index is 11.8. The third-order valence-electron chi connectivity index (χ3n) is 3.58. The van der Waals surface area contributed by atoms with E-state index in [1.165, 1.54) is 6.21 Å². The number of nitriles is 1. The highest BCUT2D eigenvalue weighted by atomic mass is 35.5. The molecular weight excluding hydrogens is 354 g/mol. The summed E-state index contributed by atoms with van der Waals surface area (Å²) in [6.07, 6.45) is 3.49. The summed E-state index contributed by atoms with van der Waals surface area (Å²) in [4.78, 5) is 11.8. The number of unbranched alkanes of at least 4 members (excludes halogenated alkanes) is 1. The topological polar surface area (TPSA) is 92.3 Å². The molecule has 1 heterocycles. The molecule has 8 heteroatoms. The number of nitrogens with zero attached hydrogens (tertiary/aromatic N) is 4. The molecule has 0 atom stereocenters. The van der Waals surface area contributed by atoms with E-state index in [4.69, 9.17) is 21.6 Å². The predicted octanol–water partition coefficient (Wildman–Crippen LogP) is 3.05. The van der Waals surface area contributed by atoms with Gasteiger partial charge in [0, 0.05) is 6.54 Å². The zero-order valence-corrected chi connectivity index (χ0v) is 15.5. The number of carbonyl (C=O) groups is 1.